The van der Waals surface area contributed by atoms with E-state index in [0.717, 1.165) is 0 Å². The second kappa shape index (κ2) is 8.47. The molecule has 0 aliphatic heterocycles. The first-order valence-electron chi connectivity index (χ1n) is 10.9. The van der Waals surface area contributed by atoms with Crippen LogP contribution >= 0.6 is 11.6 Å². The third-order valence-corrected chi connectivity index (χ3v) is 7.10. The molecule has 0 saturated heterocycles. The summed E-state index contributed by atoms with van der Waals surface area (Å²) in [5, 5.41) is 12.6. The van der Waals surface area contributed by atoms with E-state index >= 15 is 0 Å². The van der Waals surface area contributed by atoms with E-state index in [-0.39, 0.29) is 24.4 Å². The molecule has 1 amide bonds. The molecule has 0 heterocycles. The lowest BCUT2D eigenvalue weighted by molar-refractivity contribution is -0.143. The Balaban J connectivity index is 1.58. The number of carbonyl (C=O) groups excluding carboxylic acids is 1. The molecule has 4 nitrogen and oxygen atoms in total. The Morgan fingerprint density at radius 2 is 1.88 bits per heavy atom. The van der Waals surface area contributed by atoms with Crippen LogP contribution in [0.4, 0.5) is 14.5 Å². The van der Waals surface area contributed by atoms with Gasteiger partial charge in [0, 0.05) is 5.02 Å². The minimum absolute atomic E-state index is 0.00802. The Hall–Kier alpha value is -2.47. The molecule has 0 spiro atoms. The fourth-order valence-electron chi connectivity index (χ4n) is 4.83. The lowest BCUT2D eigenvalue weighted by atomic mass is 9.83. The van der Waals surface area contributed by atoms with Crippen LogP contribution in [-0.4, -0.2) is 22.7 Å². The van der Waals surface area contributed by atoms with E-state index in [1.165, 1.54) is 12.1 Å². The van der Waals surface area contributed by atoms with Crippen molar-refractivity contribution in [3.8, 4) is 0 Å². The number of hydrogen-bond acceptors (Lipinski definition) is 2. The van der Waals surface area contributed by atoms with E-state index in [2.05, 4.69) is 5.32 Å². The second-order valence-electron chi connectivity index (χ2n) is 9.51. The number of halogens is 3. The van der Waals surface area contributed by atoms with Crippen molar-refractivity contribution < 1.29 is 23.5 Å². The predicted octanol–water partition coefficient (Wildman–Crippen LogP) is 6.14. The highest BCUT2D eigenvalue weighted by molar-refractivity contribution is 6.30. The number of amides is 1. The van der Waals surface area contributed by atoms with Crippen molar-refractivity contribution in [1.29, 1.82) is 0 Å². The predicted molar refractivity (Wildman–Crippen MR) is 119 cm³/mol. The van der Waals surface area contributed by atoms with Gasteiger partial charge in [0.2, 0.25) is 5.91 Å². The summed E-state index contributed by atoms with van der Waals surface area (Å²) >= 11 is 6.00. The van der Waals surface area contributed by atoms with Crippen LogP contribution in [0, 0.1) is 17.2 Å². The van der Waals surface area contributed by atoms with E-state index in [1.807, 2.05) is 0 Å². The topological polar surface area (TPSA) is 66.4 Å². The molecule has 0 radical (unpaired) electrons. The zero-order valence-corrected chi connectivity index (χ0v) is 18.6. The minimum Gasteiger partial charge on any atom is -0.481 e. The van der Waals surface area contributed by atoms with Crippen molar-refractivity contribution in [3.05, 3.63) is 64.4 Å². The first-order chi connectivity index (χ1) is 15.1. The van der Waals surface area contributed by atoms with Gasteiger partial charge in [0.15, 0.2) is 0 Å². The number of anilines is 1. The fraction of sp³-hybridized carbons (Fsp3) is 0.440. The molecular formula is C25H26ClF2NO3. The summed E-state index contributed by atoms with van der Waals surface area (Å²) in [4.78, 5) is 24.8. The highest BCUT2D eigenvalue weighted by Gasteiger charge is 2.50. The van der Waals surface area contributed by atoms with Crippen molar-refractivity contribution in [2.24, 2.45) is 11.3 Å². The van der Waals surface area contributed by atoms with Gasteiger partial charge in [-0.05, 0) is 86.8 Å². The smallest absolute Gasteiger partial charge is 0.309 e. The van der Waals surface area contributed by atoms with E-state index in [4.69, 9.17) is 11.6 Å². The van der Waals surface area contributed by atoms with Crippen molar-refractivity contribution in [3.63, 3.8) is 0 Å². The number of carbonyl (C=O) groups is 2. The third kappa shape index (κ3) is 4.80. The van der Waals surface area contributed by atoms with E-state index < -0.39 is 34.7 Å². The molecule has 32 heavy (non-hydrogen) atoms. The summed E-state index contributed by atoms with van der Waals surface area (Å²) in [6, 6.07) is 11.2. The molecule has 2 aromatic rings. The fourth-order valence-corrected chi connectivity index (χ4v) is 4.95. The quantitative estimate of drug-likeness (QED) is 0.520. The van der Waals surface area contributed by atoms with E-state index in [1.54, 1.807) is 37.3 Å². The maximum atomic E-state index is 14.6. The molecule has 2 saturated carbocycles. The number of nitrogens with one attached hydrogen (secondary N) is 1. The molecule has 2 aliphatic carbocycles. The van der Waals surface area contributed by atoms with Gasteiger partial charge >= 0.3 is 5.97 Å². The maximum absolute atomic E-state index is 14.6. The van der Waals surface area contributed by atoms with Crippen LogP contribution in [0.2, 0.25) is 5.02 Å². The average molecular weight is 462 g/mol. The molecule has 4 rings (SSSR count). The summed E-state index contributed by atoms with van der Waals surface area (Å²) in [7, 11) is 0. The van der Waals surface area contributed by atoms with Gasteiger partial charge < -0.3 is 10.4 Å². The molecule has 0 bridgehead atoms. The lowest BCUT2D eigenvalue weighted by Gasteiger charge is -2.24. The number of hydrogen-bond donors (Lipinski definition) is 2. The van der Waals surface area contributed by atoms with Crippen LogP contribution in [-0.2, 0) is 16.0 Å². The SMILES string of the molecule is CC1(F)CCC(C(C(=O)Nc2cc(CC3(C(=O)O)CC3)ccc2F)c2ccc(Cl)cc2)C1. The summed E-state index contributed by atoms with van der Waals surface area (Å²) in [6.45, 7) is 1.54. The minimum atomic E-state index is -1.34. The number of carboxylic acids is 1. The highest BCUT2D eigenvalue weighted by Crippen LogP contribution is 2.49. The van der Waals surface area contributed by atoms with Crippen molar-refractivity contribution in [2.75, 3.05) is 5.32 Å². The van der Waals surface area contributed by atoms with Gasteiger partial charge in [-0.2, -0.15) is 0 Å². The Kier molecular flexibility index (Phi) is 6.01. The van der Waals surface area contributed by atoms with Crippen LogP contribution in [0.1, 0.15) is 56.1 Å². The van der Waals surface area contributed by atoms with Gasteiger partial charge in [-0.3, -0.25) is 9.59 Å². The number of benzene rings is 2. The Bertz CT molecular complexity index is 1030. The zero-order valence-electron chi connectivity index (χ0n) is 17.8. The van der Waals surface area contributed by atoms with Gasteiger partial charge in [-0.15, -0.1) is 0 Å². The molecule has 3 unspecified atom stereocenters. The average Bonchev–Trinajstić information content (AvgIpc) is 3.43. The Morgan fingerprint density at radius 1 is 1.19 bits per heavy atom. The van der Waals surface area contributed by atoms with Gasteiger partial charge in [0.1, 0.15) is 11.5 Å². The number of carboxylic acid groups (broad SMARTS) is 1. The molecule has 7 heteroatoms. The van der Waals surface area contributed by atoms with Crippen LogP contribution in [0.15, 0.2) is 42.5 Å². The first kappa shape index (κ1) is 22.7. The zero-order chi connectivity index (χ0) is 23.1. The van der Waals surface area contributed by atoms with Gasteiger partial charge in [0.25, 0.3) is 0 Å². The normalized spacial score (nSPS) is 24.7. The lowest BCUT2D eigenvalue weighted by Crippen LogP contribution is -2.28. The van der Waals surface area contributed by atoms with E-state index in [0.29, 0.717) is 41.8 Å². The van der Waals surface area contributed by atoms with E-state index in [9.17, 15) is 23.5 Å². The molecule has 170 valence electrons. The van der Waals surface area contributed by atoms with Crippen LogP contribution < -0.4 is 5.32 Å². The second-order valence-corrected chi connectivity index (χ2v) is 9.95. The monoisotopic (exact) mass is 461 g/mol. The van der Waals surface area contributed by atoms with Gasteiger partial charge in [-0.1, -0.05) is 29.8 Å². The summed E-state index contributed by atoms with van der Waals surface area (Å²) in [5.41, 5.74) is -0.763. The highest BCUT2D eigenvalue weighted by atomic mass is 35.5. The molecule has 2 aromatic carbocycles. The molecule has 2 N–H and O–H groups in total. The third-order valence-electron chi connectivity index (χ3n) is 6.85. The molecule has 2 aliphatic rings. The molecule has 3 atom stereocenters. The molecular weight excluding hydrogens is 436 g/mol. The molecule has 2 fully saturated rings. The Labute approximate surface area is 191 Å². The van der Waals surface area contributed by atoms with Crippen LogP contribution in [0.3, 0.4) is 0 Å². The summed E-state index contributed by atoms with van der Waals surface area (Å²) in [6.07, 6.45) is 2.63. The molecule has 0 aromatic heterocycles. The maximum Gasteiger partial charge on any atom is 0.309 e. The summed E-state index contributed by atoms with van der Waals surface area (Å²) < 4.78 is 29.1. The first-order valence-corrected chi connectivity index (χ1v) is 11.2. The number of alkyl halides is 1. The standard InChI is InChI=1S/C25H26ClF2NO3/c1-24(28)9-8-17(14-24)21(16-3-5-18(26)6-4-16)22(30)29-20-12-15(2-7-19(20)27)13-25(10-11-25)23(31)32/h2-7,12,17,21H,8-11,13-14H2,1H3,(H,29,30)(H,31,32). The van der Waals surface area contributed by atoms with Crippen molar-refractivity contribution in [2.45, 2.75) is 57.0 Å². The summed E-state index contributed by atoms with van der Waals surface area (Å²) in [5.74, 6) is -2.74. The van der Waals surface area contributed by atoms with Crippen LogP contribution in [0.25, 0.3) is 0 Å². The van der Waals surface area contributed by atoms with Crippen molar-refractivity contribution in [1.82, 2.24) is 0 Å². The largest absolute Gasteiger partial charge is 0.481 e. The van der Waals surface area contributed by atoms with Gasteiger partial charge in [0.05, 0.1) is 17.0 Å². The van der Waals surface area contributed by atoms with Crippen molar-refractivity contribution >= 4 is 29.2 Å². The number of rotatable bonds is 7. The van der Waals surface area contributed by atoms with Gasteiger partial charge in [-0.25, -0.2) is 8.78 Å². The van der Waals surface area contributed by atoms with Crippen LogP contribution in [0.5, 0.6) is 0 Å². The number of aliphatic carboxylic acids is 1. The Morgan fingerprint density at radius 3 is 2.44 bits per heavy atom.